The van der Waals surface area contributed by atoms with Crippen molar-refractivity contribution in [3.05, 3.63) is 64.7 Å². The third kappa shape index (κ3) is 2.78. The summed E-state index contributed by atoms with van der Waals surface area (Å²) in [5.41, 5.74) is 0.788. The third-order valence-corrected chi connectivity index (χ3v) is 5.13. The Hall–Kier alpha value is -2.67. The molecule has 0 fully saturated rings. The molecular formula is C19H14F3N3S. The van der Waals surface area contributed by atoms with E-state index in [2.05, 4.69) is 10.1 Å². The second-order valence-corrected chi connectivity index (χ2v) is 7.28. The number of hydrogen-bond donors (Lipinski definition) is 0. The van der Waals surface area contributed by atoms with Crippen LogP contribution < -0.4 is 0 Å². The normalized spacial score (nSPS) is 12.0. The molecule has 4 aromatic rings. The molecule has 0 saturated carbocycles. The van der Waals surface area contributed by atoms with Crippen molar-refractivity contribution < 1.29 is 13.2 Å². The molecule has 0 aliphatic heterocycles. The molecule has 0 atom stereocenters. The molecule has 0 bridgehead atoms. The predicted octanol–water partition coefficient (Wildman–Crippen LogP) is 5.78. The second kappa shape index (κ2) is 5.95. The van der Waals surface area contributed by atoms with Crippen LogP contribution >= 0.6 is 11.3 Å². The van der Waals surface area contributed by atoms with E-state index in [1.54, 1.807) is 25.1 Å². The first-order valence-electron chi connectivity index (χ1n) is 7.94. The van der Waals surface area contributed by atoms with Crippen LogP contribution in [0.1, 0.15) is 16.1 Å². The van der Waals surface area contributed by atoms with Crippen molar-refractivity contribution in [3.63, 3.8) is 0 Å². The summed E-state index contributed by atoms with van der Waals surface area (Å²) in [5, 5.41) is 4.37. The van der Waals surface area contributed by atoms with Gasteiger partial charge in [0.15, 0.2) is 5.65 Å². The fourth-order valence-corrected chi connectivity index (χ4v) is 3.79. The molecular weight excluding hydrogens is 359 g/mol. The Kier molecular flexibility index (Phi) is 3.84. The van der Waals surface area contributed by atoms with E-state index >= 15 is 0 Å². The van der Waals surface area contributed by atoms with Crippen molar-refractivity contribution in [2.24, 2.45) is 0 Å². The Labute approximate surface area is 151 Å². The summed E-state index contributed by atoms with van der Waals surface area (Å²) in [4.78, 5) is 6.26. The maximum atomic E-state index is 13.7. The van der Waals surface area contributed by atoms with Gasteiger partial charge in [-0.05, 0) is 44.2 Å². The largest absolute Gasteiger partial charge is 0.417 e. The topological polar surface area (TPSA) is 30.7 Å². The van der Waals surface area contributed by atoms with Crippen molar-refractivity contribution in [1.29, 1.82) is 0 Å². The molecule has 0 aliphatic carbocycles. The molecule has 0 N–H and O–H groups in total. The van der Waals surface area contributed by atoms with Crippen molar-refractivity contribution in [2.45, 2.75) is 20.0 Å². The molecule has 7 heteroatoms. The van der Waals surface area contributed by atoms with Gasteiger partial charge in [-0.1, -0.05) is 18.2 Å². The highest BCUT2D eigenvalue weighted by molar-refractivity contribution is 7.15. The fraction of sp³-hybridized carbons (Fsp3) is 0.158. The molecule has 0 amide bonds. The Morgan fingerprint density at radius 2 is 1.73 bits per heavy atom. The molecule has 132 valence electrons. The van der Waals surface area contributed by atoms with Gasteiger partial charge in [-0.2, -0.15) is 18.3 Å². The Bertz CT molecular complexity index is 1090. The molecule has 3 nitrogen and oxygen atoms in total. The lowest BCUT2D eigenvalue weighted by atomic mass is 10.1. The fourth-order valence-electron chi connectivity index (χ4n) is 2.96. The molecule has 26 heavy (non-hydrogen) atoms. The maximum absolute atomic E-state index is 13.7. The number of halogens is 3. The first-order chi connectivity index (χ1) is 12.3. The summed E-state index contributed by atoms with van der Waals surface area (Å²) in [7, 11) is 0. The van der Waals surface area contributed by atoms with Crippen LogP contribution in [0.4, 0.5) is 13.2 Å². The van der Waals surface area contributed by atoms with Gasteiger partial charge in [0.05, 0.1) is 32.9 Å². The number of para-hydroxylation sites is 1. The number of benzene rings is 1. The van der Waals surface area contributed by atoms with E-state index in [-0.39, 0.29) is 11.0 Å². The average molecular weight is 373 g/mol. The lowest BCUT2D eigenvalue weighted by molar-refractivity contribution is -0.136. The van der Waals surface area contributed by atoms with Gasteiger partial charge in [-0.25, -0.2) is 9.67 Å². The standard InChI is InChI=1S/C19H14F3N3S/c1-11-8-9-16(26-11)15-10-14(19(20,21)22)17-12(2)24-25(18(17)23-15)13-6-4-3-5-7-13/h3-10H,1-2H3. The highest BCUT2D eigenvalue weighted by Gasteiger charge is 2.36. The van der Waals surface area contributed by atoms with Crippen LogP contribution in [0.25, 0.3) is 27.3 Å². The summed E-state index contributed by atoms with van der Waals surface area (Å²) in [6.45, 7) is 3.49. The molecule has 0 saturated heterocycles. The first kappa shape index (κ1) is 16.8. The van der Waals surface area contributed by atoms with Crippen molar-refractivity contribution in [3.8, 4) is 16.3 Å². The Morgan fingerprint density at radius 3 is 2.35 bits per heavy atom. The van der Waals surface area contributed by atoms with Gasteiger partial charge in [0, 0.05) is 4.88 Å². The van der Waals surface area contributed by atoms with E-state index in [1.807, 2.05) is 31.2 Å². The van der Waals surface area contributed by atoms with Crippen molar-refractivity contribution in [2.75, 3.05) is 0 Å². The van der Waals surface area contributed by atoms with E-state index in [9.17, 15) is 13.2 Å². The van der Waals surface area contributed by atoms with Gasteiger partial charge in [-0.3, -0.25) is 0 Å². The Balaban J connectivity index is 2.07. The van der Waals surface area contributed by atoms with Gasteiger partial charge in [0.2, 0.25) is 0 Å². The van der Waals surface area contributed by atoms with Crippen LogP contribution in [0.2, 0.25) is 0 Å². The number of nitrogens with zero attached hydrogens (tertiary/aromatic N) is 3. The monoisotopic (exact) mass is 373 g/mol. The van der Waals surface area contributed by atoms with Crippen LogP contribution in [0, 0.1) is 13.8 Å². The molecule has 3 heterocycles. The van der Waals surface area contributed by atoms with Gasteiger partial charge in [0.25, 0.3) is 0 Å². The molecule has 4 rings (SSSR count). The lowest BCUT2D eigenvalue weighted by Gasteiger charge is -2.11. The van der Waals surface area contributed by atoms with Crippen LogP contribution in [-0.4, -0.2) is 14.8 Å². The number of hydrogen-bond acceptors (Lipinski definition) is 3. The van der Waals surface area contributed by atoms with Crippen LogP contribution in [0.3, 0.4) is 0 Å². The average Bonchev–Trinajstić information content (AvgIpc) is 3.18. The van der Waals surface area contributed by atoms with Gasteiger partial charge < -0.3 is 0 Å². The summed E-state index contributed by atoms with van der Waals surface area (Å²) in [6.07, 6.45) is -4.49. The van der Waals surface area contributed by atoms with Crippen LogP contribution in [0.15, 0.2) is 48.5 Å². The highest BCUT2D eigenvalue weighted by atomic mass is 32.1. The van der Waals surface area contributed by atoms with E-state index < -0.39 is 11.7 Å². The quantitative estimate of drug-likeness (QED) is 0.446. The summed E-state index contributed by atoms with van der Waals surface area (Å²) >= 11 is 1.42. The van der Waals surface area contributed by atoms with Crippen LogP contribution in [0.5, 0.6) is 0 Å². The summed E-state index contributed by atoms with van der Waals surface area (Å²) in [5.74, 6) is 0. The SMILES string of the molecule is Cc1ccc(-c2cc(C(F)(F)F)c3c(C)nn(-c4ccccc4)c3n2)s1. The van der Waals surface area contributed by atoms with E-state index in [4.69, 9.17) is 0 Å². The number of fused-ring (bicyclic) bond motifs is 1. The molecule has 0 spiro atoms. The van der Waals surface area contributed by atoms with Gasteiger partial charge >= 0.3 is 6.18 Å². The smallest absolute Gasteiger partial charge is 0.227 e. The minimum Gasteiger partial charge on any atom is -0.227 e. The van der Waals surface area contributed by atoms with Gasteiger partial charge in [0.1, 0.15) is 0 Å². The Morgan fingerprint density at radius 1 is 1.00 bits per heavy atom. The molecule has 0 unspecified atom stereocenters. The highest BCUT2D eigenvalue weighted by Crippen LogP contribution is 2.39. The summed E-state index contributed by atoms with van der Waals surface area (Å²) in [6, 6.07) is 13.9. The zero-order valence-corrected chi connectivity index (χ0v) is 14.8. The zero-order valence-electron chi connectivity index (χ0n) is 14.0. The first-order valence-corrected chi connectivity index (χ1v) is 8.76. The molecule has 3 aromatic heterocycles. The number of alkyl halides is 3. The maximum Gasteiger partial charge on any atom is 0.417 e. The van der Waals surface area contributed by atoms with E-state index in [0.29, 0.717) is 22.0 Å². The minimum absolute atomic E-state index is 0.0402. The lowest BCUT2D eigenvalue weighted by Crippen LogP contribution is -2.07. The number of aryl methyl sites for hydroxylation is 2. The second-order valence-electron chi connectivity index (χ2n) is 5.99. The van der Waals surface area contributed by atoms with Gasteiger partial charge in [-0.15, -0.1) is 11.3 Å². The molecule has 1 aromatic carbocycles. The number of pyridine rings is 1. The number of aromatic nitrogens is 3. The molecule has 0 radical (unpaired) electrons. The number of rotatable bonds is 2. The third-order valence-electron chi connectivity index (χ3n) is 4.11. The van der Waals surface area contributed by atoms with Crippen LogP contribution in [-0.2, 0) is 6.18 Å². The predicted molar refractivity (Wildman–Crippen MR) is 96.7 cm³/mol. The van der Waals surface area contributed by atoms with E-state index in [1.165, 1.54) is 16.0 Å². The number of thiophene rings is 1. The van der Waals surface area contributed by atoms with E-state index in [0.717, 1.165) is 10.9 Å². The summed E-state index contributed by atoms with van der Waals surface area (Å²) < 4.78 is 42.7. The minimum atomic E-state index is -4.49. The molecule has 0 aliphatic rings. The zero-order chi connectivity index (χ0) is 18.5. The van der Waals surface area contributed by atoms with Crippen molar-refractivity contribution in [1.82, 2.24) is 14.8 Å². The van der Waals surface area contributed by atoms with Crippen molar-refractivity contribution >= 4 is 22.4 Å².